The van der Waals surface area contributed by atoms with Crippen LogP contribution < -0.4 is 15.8 Å². The van der Waals surface area contributed by atoms with Gasteiger partial charge in [0.05, 0.1) is 33.7 Å². The predicted molar refractivity (Wildman–Crippen MR) is 84.9 cm³/mol. The number of fused-ring (bicyclic) bond motifs is 1. The minimum Gasteiger partial charge on any atom is -0.491 e. The largest absolute Gasteiger partial charge is 0.491 e. The van der Waals surface area contributed by atoms with Crippen molar-refractivity contribution in [3.8, 4) is 5.75 Å². The average molecular weight is 303 g/mol. The zero-order valence-corrected chi connectivity index (χ0v) is 12.2. The molecule has 0 fully saturated rings. The third-order valence-corrected chi connectivity index (χ3v) is 3.81. The summed E-state index contributed by atoms with van der Waals surface area (Å²) in [6, 6.07) is 8.66. The van der Waals surface area contributed by atoms with E-state index in [-0.39, 0.29) is 5.75 Å². The molecule has 108 valence electrons. The number of hydrogen-bond donors (Lipinski definition) is 2. The lowest BCUT2D eigenvalue weighted by Crippen LogP contribution is -2.01. The molecule has 0 radical (unpaired) electrons. The summed E-state index contributed by atoms with van der Waals surface area (Å²) in [4.78, 5) is 4.23. The van der Waals surface area contributed by atoms with Crippen LogP contribution in [0.1, 0.15) is 6.92 Å². The standard InChI is InChI=1S/C15H14FN3OS/c1-2-20-14-7-13(11(17)6-10(14)16)19-9-3-4-12-15(5-9)21-8-18-12/h3-8,19H,2,17H2,1H3. The molecule has 0 atom stereocenters. The monoisotopic (exact) mass is 303 g/mol. The molecular weight excluding hydrogens is 289 g/mol. The molecule has 0 saturated heterocycles. The van der Waals surface area contributed by atoms with Crippen molar-refractivity contribution in [3.05, 3.63) is 41.7 Å². The van der Waals surface area contributed by atoms with E-state index in [1.807, 2.05) is 18.2 Å². The Morgan fingerprint density at radius 3 is 3.00 bits per heavy atom. The van der Waals surface area contributed by atoms with Gasteiger partial charge in [-0.25, -0.2) is 9.37 Å². The maximum absolute atomic E-state index is 13.7. The van der Waals surface area contributed by atoms with Gasteiger partial charge in [-0.3, -0.25) is 0 Å². The van der Waals surface area contributed by atoms with Crippen LogP contribution in [0.4, 0.5) is 21.5 Å². The second kappa shape index (κ2) is 5.57. The van der Waals surface area contributed by atoms with Crippen LogP contribution in [-0.4, -0.2) is 11.6 Å². The van der Waals surface area contributed by atoms with E-state index in [4.69, 9.17) is 10.5 Å². The lowest BCUT2D eigenvalue weighted by molar-refractivity contribution is 0.322. The highest BCUT2D eigenvalue weighted by molar-refractivity contribution is 7.16. The molecule has 0 bridgehead atoms. The van der Waals surface area contributed by atoms with E-state index < -0.39 is 5.82 Å². The van der Waals surface area contributed by atoms with Crippen LogP contribution in [0, 0.1) is 5.82 Å². The Balaban J connectivity index is 1.94. The molecule has 3 N–H and O–H groups in total. The third-order valence-electron chi connectivity index (χ3n) is 3.01. The van der Waals surface area contributed by atoms with Crippen LogP contribution >= 0.6 is 11.3 Å². The van der Waals surface area contributed by atoms with Crippen molar-refractivity contribution in [1.82, 2.24) is 4.98 Å². The first-order valence-corrected chi connectivity index (χ1v) is 7.37. The number of nitrogen functional groups attached to an aromatic ring is 1. The number of nitrogens with zero attached hydrogens (tertiary/aromatic N) is 1. The van der Waals surface area contributed by atoms with Crippen molar-refractivity contribution < 1.29 is 9.13 Å². The molecule has 3 rings (SSSR count). The van der Waals surface area contributed by atoms with Crippen LogP contribution in [0.5, 0.6) is 5.75 Å². The quantitative estimate of drug-likeness (QED) is 0.710. The summed E-state index contributed by atoms with van der Waals surface area (Å²) in [5.74, 6) is -0.272. The number of aromatic nitrogens is 1. The van der Waals surface area contributed by atoms with Crippen molar-refractivity contribution >= 4 is 38.6 Å². The predicted octanol–water partition coefficient (Wildman–Crippen LogP) is 4.16. The molecule has 1 heterocycles. The molecular formula is C15H14FN3OS. The first kappa shape index (κ1) is 13.6. The van der Waals surface area contributed by atoms with Crippen molar-refractivity contribution in [3.63, 3.8) is 0 Å². The second-order valence-corrected chi connectivity index (χ2v) is 5.35. The molecule has 0 unspecified atom stereocenters. The van der Waals surface area contributed by atoms with Gasteiger partial charge in [0, 0.05) is 17.8 Å². The van der Waals surface area contributed by atoms with E-state index in [1.165, 1.54) is 6.07 Å². The molecule has 0 spiro atoms. The van der Waals surface area contributed by atoms with Crippen molar-refractivity contribution in [2.75, 3.05) is 17.7 Å². The molecule has 4 nitrogen and oxygen atoms in total. The molecule has 0 amide bonds. The van der Waals surface area contributed by atoms with Gasteiger partial charge in [0.25, 0.3) is 0 Å². The summed E-state index contributed by atoms with van der Waals surface area (Å²) in [5.41, 5.74) is 10.4. The van der Waals surface area contributed by atoms with E-state index in [9.17, 15) is 4.39 Å². The minimum absolute atomic E-state index is 0.188. The van der Waals surface area contributed by atoms with Crippen LogP contribution in [0.25, 0.3) is 10.2 Å². The minimum atomic E-state index is -0.460. The van der Waals surface area contributed by atoms with E-state index >= 15 is 0 Å². The number of thiazole rings is 1. The maximum Gasteiger partial charge on any atom is 0.167 e. The van der Waals surface area contributed by atoms with E-state index in [0.717, 1.165) is 15.9 Å². The number of anilines is 3. The normalized spacial score (nSPS) is 10.8. The zero-order valence-electron chi connectivity index (χ0n) is 11.4. The number of benzene rings is 2. The number of halogens is 1. The van der Waals surface area contributed by atoms with Gasteiger partial charge >= 0.3 is 0 Å². The Kier molecular flexibility index (Phi) is 3.62. The Morgan fingerprint density at radius 2 is 2.19 bits per heavy atom. The number of nitrogens with one attached hydrogen (secondary N) is 1. The summed E-state index contributed by atoms with van der Waals surface area (Å²) in [6.45, 7) is 2.20. The summed E-state index contributed by atoms with van der Waals surface area (Å²) in [7, 11) is 0. The lowest BCUT2D eigenvalue weighted by atomic mass is 10.2. The van der Waals surface area contributed by atoms with E-state index in [0.29, 0.717) is 18.0 Å². The topological polar surface area (TPSA) is 60.2 Å². The van der Waals surface area contributed by atoms with Crippen molar-refractivity contribution in [2.24, 2.45) is 0 Å². The van der Waals surface area contributed by atoms with Gasteiger partial charge in [0.15, 0.2) is 11.6 Å². The summed E-state index contributed by atoms with van der Waals surface area (Å²) in [5, 5.41) is 3.19. The Hall–Kier alpha value is -2.34. The molecule has 21 heavy (non-hydrogen) atoms. The summed E-state index contributed by atoms with van der Waals surface area (Å²) < 4.78 is 20.0. The molecule has 1 aromatic heterocycles. The van der Waals surface area contributed by atoms with Crippen molar-refractivity contribution in [1.29, 1.82) is 0 Å². The second-order valence-electron chi connectivity index (χ2n) is 4.46. The number of rotatable bonds is 4. The van der Waals surface area contributed by atoms with Gasteiger partial charge in [0.1, 0.15) is 0 Å². The fourth-order valence-corrected chi connectivity index (χ4v) is 2.75. The average Bonchev–Trinajstić information content (AvgIpc) is 2.92. The van der Waals surface area contributed by atoms with Crippen LogP contribution in [-0.2, 0) is 0 Å². The van der Waals surface area contributed by atoms with Gasteiger partial charge in [-0.15, -0.1) is 11.3 Å². The smallest absolute Gasteiger partial charge is 0.167 e. The summed E-state index contributed by atoms with van der Waals surface area (Å²) >= 11 is 1.56. The molecule has 2 aromatic carbocycles. The maximum atomic E-state index is 13.7. The van der Waals surface area contributed by atoms with Gasteiger partial charge in [-0.2, -0.15) is 0 Å². The van der Waals surface area contributed by atoms with Crippen LogP contribution in [0.15, 0.2) is 35.8 Å². The Bertz CT molecular complexity index is 788. The molecule has 3 aromatic rings. The fraction of sp³-hybridized carbons (Fsp3) is 0.133. The van der Waals surface area contributed by atoms with Crippen LogP contribution in [0.2, 0.25) is 0 Å². The molecule has 0 aliphatic carbocycles. The van der Waals surface area contributed by atoms with E-state index in [2.05, 4.69) is 10.3 Å². The first-order valence-electron chi connectivity index (χ1n) is 6.49. The third kappa shape index (κ3) is 2.75. The molecule has 6 heteroatoms. The Morgan fingerprint density at radius 1 is 1.33 bits per heavy atom. The van der Waals surface area contributed by atoms with Gasteiger partial charge in [0.2, 0.25) is 0 Å². The van der Waals surface area contributed by atoms with Gasteiger partial charge in [-0.1, -0.05) is 0 Å². The highest BCUT2D eigenvalue weighted by Crippen LogP contribution is 2.31. The SMILES string of the molecule is CCOc1cc(Nc2ccc3ncsc3c2)c(N)cc1F. The van der Waals surface area contributed by atoms with Gasteiger partial charge < -0.3 is 15.8 Å². The summed E-state index contributed by atoms with van der Waals surface area (Å²) in [6.07, 6.45) is 0. The number of ether oxygens (including phenoxy) is 1. The molecule has 0 aliphatic heterocycles. The number of nitrogens with two attached hydrogens (primary N) is 1. The van der Waals surface area contributed by atoms with Crippen molar-refractivity contribution in [2.45, 2.75) is 6.92 Å². The van der Waals surface area contributed by atoms with Gasteiger partial charge in [-0.05, 0) is 25.1 Å². The zero-order chi connectivity index (χ0) is 14.8. The number of hydrogen-bond acceptors (Lipinski definition) is 5. The molecule has 0 saturated carbocycles. The Labute approximate surface area is 125 Å². The fourth-order valence-electron chi connectivity index (χ4n) is 2.03. The highest BCUT2D eigenvalue weighted by Gasteiger charge is 2.09. The highest BCUT2D eigenvalue weighted by atomic mass is 32.1. The lowest BCUT2D eigenvalue weighted by Gasteiger charge is -2.12. The first-order chi connectivity index (χ1) is 10.2. The van der Waals surface area contributed by atoms with Crippen LogP contribution in [0.3, 0.4) is 0 Å². The van der Waals surface area contributed by atoms with E-state index in [1.54, 1.807) is 29.8 Å². The molecule has 0 aliphatic rings.